The SMILES string of the molecule is O=c1[nH]ccc2c([N+](=O)[O-])ccc(F)c12. The quantitative estimate of drug-likeness (QED) is 0.570. The molecule has 0 radical (unpaired) electrons. The highest BCUT2D eigenvalue weighted by atomic mass is 19.1. The lowest BCUT2D eigenvalue weighted by Crippen LogP contribution is -2.07. The van der Waals surface area contributed by atoms with Gasteiger partial charge in [-0.1, -0.05) is 0 Å². The molecule has 0 fully saturated rings. The van der Waals surface area contributed by atoms with Crippen molar-refractivity contribution in [3.63, 3.8) is 0 Å². The molecule has 0 bridgehead atoms. The number of hydrogen-bond acceptors (Lipinski definition) is 3. The van der Waals surface area contributed by atoms with E-state index < -0.39 is 16.3 Å². The topological polar surface area (TPSA) is 76.0 Å². The summed E-state index contributed by atoms with van der Waals surface area (Å²) in [6, 6.07) is 3.25. The van der Waals surface area contributed by atoms with Crippen LogP contribution in [-0.2, 0) is 0 Å². The number of H-pyrrole nitrogens is 1. The molecule has 15 heavy (non-hydrogen) atoms. The fourth-order valence-electron chi connectivity index (χ4n) is 1.41. The van der Waals surface area contributed by atoms with E-state index in [1.54, 1.807) is 0 Å². The van der Waals surface area contributed by atoms with E-state index in [9.17, 15) is 19.3 Å². The van der Waals surface area contributed by atoms with Gasteiger partial charge in [-0.2, -0.15) is 0 Å². The van der Waals surface area contributed by atoms with Gasteiger partial charge in [0, 0.05) is 12.3 Å². The van der Waals surface area contributed by atoms with Gasteiger partial charge in [0.1, 0.15) is 5.82 Å². The van der Waals surface area contributed by atoms with Crippen molar-refractivity contribution in [1.29, 1.82) is 0 Å². The molecule has 5 nitrogen and oxygen atoms in total. The number of nitro benzene ring substituents is 1. The van der Waals surface area contributed by atoms with E-state index in [4.69, 9.17) is 0 Å². The largest absolute Gasteiger partial charge is 0.328 e. The Morgan fingerprint density at radius 2 is 2.07 bits per heavy atom. The van der Waals surface area contributed by atoms with Gasteiger partial charge in [-0.05, 0) is 12.1 Å². The minimum absolute atomic E-state index is 0.00347. The Balaban J connectivity index is 3.01. The smallest absolute Gasteiger partial charge is 0.277 e. The van der Waals surface area contributed by atoms with Crippen molar-refractivity contribution in [2.75, 3.05) is 0 Å². The van der Waals surface area contributed by atoms with E-state index in [-0.39, 0.29) is 16.5 Å². The average Bonchev–Trinajstić information content (AvgIpc) is 2.17. The standard InChI is InChI=1S/C9H5FN2O3/c10-6-1-2-7(12(14)15)5-3-4-11-9(13)8(5)6/h1-4H,(H,11,13). The van der Waals surface area contributed by atoms with Crippen molar-refractivity contribution in [3.8, 4) is 0 Å². The highest BCUT2D eigenvalue weighted by molar-refractivity contribution is 5.90. The summed E-state index contributed by atoms with van der Waals surface area (Å²) >= 11 is 0. The molecule has 0 aliphatic heterocycles. The minimum Gasteiger partial charge on any atom is -0.328 e. The van der Waals surface area contributed by atoms with Gasteiger partial charge < -0.3 is 4.98 Å². The van der Waals surface area contributed by atoms with Crippen LogP contribution in [0.3, 0.4) is 0 Å². The maximum Gasteiger partial charge on any atom is 0.277 e. The molecule has 0 spiro atoms. The Bertz CT molecular complexity index is 606. The zero-order chi connectivity index (χ0) is 11.0. The van der Waals surface area contributed by atoms with E-state index in [0.29, 0.717) is 0 Å². The van der Waals surface area contributed by atoms with Crippen LogP contribution in [0.25, 0.3) is 10.8 Å². The second-order valence-corrected chi connectivity index (χ2v) is 2.92. The molecular formula is C9H5FN2O3. The van der Waals surface area contributed by atoms with Gasteiger partial charge in [-0.15, -0.1) is 0 Å². The number of non-ortho nitro benzene ring substituents is 1. The van der Waals surface area contributed by atoms with Crippen LogP contribution in [0.1, 0.15) is 0 Å². The summed E-state index contributed by atoms with van der Waals surface area (Å²) in [7, 11) is 0. The molecule has 76 valence electrons. The lowest BCUT2D eigenvalue weighted by atomic mass is 10.1. The summed E-state index contributed by atoms with van der Waals surface area (Å²) in [5.41, 5.74) is -0.953. The molecule has 0 unspecified atom stereocenters. The molecule has 0 atom stereocenters. The van der Waals surface area contributed by atoms with Crippen LogP contribution in [0.5, 0.6) is 0 Å². The number of nitro groups is 1. The van der Waals surface area contributed by atoms with Gasteiger partial charge >= 0.3 is 0 Å². The summed E-state index contributed by atoms with van der Waals surface area (Å²) < 4.78 is 13.2. The normalized spacial score (nSPS) is 10.5. The third kappa shape index (κ3) is 1.35. The third-order valence-corrected chi connectivity index (χ3v) is 2.06. The lowest BCUT2D eigenvalue weighted by Gasteiger charge is -1.98. The summed E-state index contributed by atoms with van der Waals surface area (Å²) in [6.07, 6.45) is 1.25. The van der Waals surface area contributed by atoms with Gasteiger partial charge in [0.2, 0.25) is 0 Å². The summed E-state index contributed by atoms with van der Waals surface area (Å²) in [5, 5.41) is 10.3. The lowest BCUT2D eigenvalue weighted by molar-refractivity contribution is -0.383. The number of halogens is 1. The highest BCUT2D eigenvalue weighted by Crippen LogP contribution is 2.24. The molecule has 1 heterocycles. The van der Waals surface area contributed by atoms with Crippen LogP contribution in [0, 0.1) is 15.9 Å². The number of nitrogens with zero attached hydrogens (tertiary/aromatic N) is 1. The molecule has 1 aromatic heterocycles. The summed E-state index contributed by atoms with van der Waals surface area (Å²) in [6.45, 7) is 0. The Hall–Kier alpha value is -2.24. The predicted octanol–water partition coefficient (Wildman–Crippen LogP) is 1.58. The van der Waals surface area contributed by atoms with Crippen molar-refractivity contribution in [1.82, 2.24) is 4.98 Å². The van der Waals surface area contributed by atoms with Crippen molar-refractivity contribution < 1.29 is 9.31 Å². The first-order valence-electron chi connectivity index (χ1n) is 4.05. The van der Waals surface area contributed by atoms with E-state index in [1.807, 2.05) is 0 Å². The monoisotopic (exact) mass is 208 g/mol. The number of benzene rings is 1. The van der Waals surface area contributed by atoms with Crippen LogP contribution in [-0.4, -0.2) is 9.91 Å². The van der Waals surface area contributed by atoms with Gasteiger partial charge in [0.15, 0.2) is 0 Å². The highest BCUT2D eigenvalue weighted by Gasteiger charge is 2.15. The molecule has 0 saturated heterocycles. The second-order valence-electron chi connectivity index (χ2n) is 2.92. The van der Waals surface area contributed by atoms with Gasteiger partial charge in [0.25, 0.3) is 11.2 Å². The van der Waals surface area contributed by atoms with Crippen molar-refractivity contribution >= 4 is 16.5 Å². The van der Waals surface area contributed by atoms with Crippen LogP contribution < -0.4 is 5.56 Å². The number of aromatic nitrogens is 1. The number of hydrogen-bond donors (Lipinski definition) is 1. The maximum atomic E-state index is 13.2. The van der Waals surface area contributed by atoms with E-state index in [2.05, 4.69) is 4.98 Å². The summed E-state index contributed by atoms with van der Waals surface area (Å²) in [5.74, 6) is -0.766. The Morgan fingerprint density at radius 3 is 2.73 bits per heavy atom. The fourth-order valence-corrected chi connectivity index (χ4v) is 1.41. The third-order valence-electron chi connectivity index (χ3n) is 2.06. The van der Waals surface area contributed by atoms with Gasteiger partial charge in [-0.25, -0.2) is 4.39 Å². The van der Waals surface area contributed by atoms with Crippen LogP contribution in [0.2, 0.25) is 0 Å². The molecule has 1 N–H and O–H groups in total. The van der Waals surface area contributed by atoms with Crippen molar-refractivity contribution in [2.24, 2.45) is 0 Å². The Kier molecular flexibility index (Phi) is 1.96. The van der Waals surface area contributed by atoms with Gasteiger partial charge in [-0.3, -0.25) is 14.9 Å². The number of pyridine rings is 1. The van der Waals surface area contributed by atoms with Gasteiger partial charge in [0.05, 0.1) is 15.7 Å². The number of fused-ring (bicyclic) bond motifs is 1. The van der Waals surface area contributed by atoms with E-state index >= 15 is 0 Å². The Morgan fingerprint density at radius 1 is 1.33 bits per heavy atom. The predicted molar refractivity (Wildman–Crippen MR) is 51.2 cm³/mol. The molecule has 0 aliphatic rings. The fraction of sp³-hybridized carbons (Fsp3) is 0. The van der Waals surface area contributed by atoms with E-state index in [1.165, 1.54) is 12.3 Å². The van der Waals surface area contributed by atoms with Crippen molar-refractivity contribution in [2.45, 2.75) is 0 Å². The molecule has 6 heteroatoms. The first kappa shape index (κ1) is 9.32. The minimum atomic E-state index is -0.766. The van der Waals surface area contributed by atoms with Crippen LogP contribution in [0.4, 0.5) is 10.1 Å². The number of rotatable bonds is 1. The molecule has 0 aliphatic carbocycles. The molecule has 2 rings (SSSR count). The summed E-state index contributed by atoms with van der Waals surface area (Å²) in [4.78, 5) is 23.5. The Labute approximate surface area is 82.3 Å². The molecule has 0 amide bonds. The molecule has 0 saturated carbocycles. The van der Waals surface area contributed by atoms with E-state index in [0.717, 1.165) is 12.1 Å². The second kappa shape index (κ2) is 3.16. The average molecular weight is 208 g/mol. The molecule has 1 aromatic carbocycles. The number of nitrogens with one attached hydrogen (secondary N) is 1. The number of aromatic amines is 1. The molecule has 2 aromatic rings. The van der Waals surface area contributed by atoms with Crippen LogP contribution in [0.15, 0.2) is 29.2 Å². The molecular weight excluding hydrogens is 203 g/mol. The van der Waals surface area contributed by atoms with Crippen LogP contribution >= 0.6 is 0 Å². The maximum absolute atomic E-state index is 13.2. The zero-order valence-electron chi connectivity index (χ0n) is 7.36. The first-order valence-corrected chi connectivity index (χ1v) is 4.05. The van der Waals surface area contributed by atoms with Crippen molar-refractivity contribution in [3.05, 3.63) is 50.7 Å². The zero-order valence-corrected chi connectivity index (χ0v) is 7.36. The first-order chi connectivity index (χ1) is 7.11.